The van der Waals surface area contributed by atoms with Crippen LogP contribution in [-0.2, 0) is 19.0 Å². The molecule has 1 aliphatic heterocycles. The van der Waals surface area contributed by atoms with Crippen molar-refractivity contribution in [2.75, 3.05) is 19.8 Å². The molecule has 2 aliphatic carbocycles. The summed E-state index contributed by atoms with van der Waals surface area (Å²) in [6.45, 7) is 3.22. The highest BCUT2D eigenvalue weighted by molar-refractivity contribution is 5.69. The van der Waals surface area contributed by atoms with Crippen molar-refractivity contribution in [1.29, 1.82) is 0 Å². The van der Waals surface area contributed by atoms with Crippen molar-refractivity contribution in [3.05, 3.63) is 23.8 Å². The van der Waals surface area contributed by atoms with Gasteiger partial charge in [-0.15, -0.1) is 0 Å². The van der Waals surface area contributed by atoms with Crippen molar-refractivity contribution >= 4 is 5.97 Å². The lowest BCUT2D eigenvalue weighted by atomic mass is 9.90. The van der Waals surface area contributed by atoms with Crippen LogP contribution in [0.1, 0.15) is 51.9 Å². The molecule has 0 aromatic carbocycles. The highest BCUT2D eigenvalue weighted by Gasteiger charge is 2.46. The van der Waals surface area contributed by atoms with Crippen molar-refractivity contribution in [1.82, 2.24) is 0 Å². The average molecular weight is 364 g/mol. The lowest BCUT2D eigenvalue weighted by Gasteiger charge is -2.29. The Kier molecular flexibility index (Phi) is 7.29. The molecule has 0 spiro atoms. The molecule has 5 nitrogen and oxygen atoms in total. The summed E-state index contributed by atoms with van der Waals surface area (Å²) in [4.78, 5) is 11.4. The Labute approximate surface area is 156 Å². The van der Waals surface area contributed by atoms with E-state index in [0.29, 0.717) is 31.3 Å². The maximum Gasteiger partial charge on any atom is 0.306 e. The minimum atomic E-state index is -0.139. The van der Waals surface area contributed by atoms with E-state index >= 15 is 0 Å². The zero-order chi connectivity index (χ0) is 18.4. The highest BCUT2D eigenvalue weighted by atomic mass is 16.7. The first kappa shape index (κ1) is 19.6. The van der Waals surface area contributed by atoms with Gasteiger partial charge >= 0.3 is 5.97 Å². The van der Waals surface area contributed by atoms with E-state index in [9.17, 15) is 9.90 Å². The molecule has 5 atom stereocenters. The van der Waals surface area contributed by atoms with E-state index in [4.69, 9.17) is 14.2 Å². The molecule has 1 heterocycles. The number of aliphatic hydroxyl groups excluding tert-OH is 1. The number of esters is 1. The molecule has 3 rings (SSSR count). The van der Waals surface area contributed by atoms with Crippen LogP contribution in [0, 0.1) is 17.8 Å². The first-order valence-corrected chi connectivity index (χ1v) is 10.1. The Bertz CT molecular complexity index is 520. The fourth-order valence-corrected chi connectivity index (χ4v) is 4.54. The number of aliphatic hydroxyl groups is 1. The van der Waals surface area contributed by atoms with Crippen LogP contribution in [-0.4, -0.2) is 43.3 Å². The summed E-state index contributed by atoms with van der Waals surface area (Å²) >= 11 is 0. The third-order valence-corrected chi connectivity index (χ3v) is 5.81. The Morgan fingerprint density at radius 2 is 2.31 bits per heavy atom. The number of ether oxygens (including phenoxy) is 3. The number of hydrogen-bond acceptors (Lipinski definition) is 5. The normalized spacial score (nSPS) is 34.1. The van der Waals surface area contributed by atoms with E-state index in [-0.39, 0.29) is 30.9 Å². The van der Waals surface area contributed by atoms with Gasteiger partial charge in [-0.05, 0) is 57.3 Å². The number of carbonyl (C=O) groups is 1. The van der Waals surface area contributed by atoms with Crippen LogP contribution >= 0.6 is 0 Å². The van der Waals surface area contributed by atoms with Gasteiger partial charge in [-0.3, -0.25) is 4.79 Å². The Hall–Kier alpha value is -1.17. The molecular formula is C21H32O5. The van der Waals surface area contributed by atoms with Gasteiger partial charge in [0, 0.05) is 25.6 Å². The Morgan fingerprint density at radius 1 is 1.42 bits per heavy atom. The van der Waals surface area contributed by atoms with Crippen LogP contribution in [0.2, 0.25) is 0 Å². The molecule has 1 saturated heterocycles. The molecule has 1 N–H and O–H groups in total. The summed E-state index contributed by atoms with van der Waals surface area (Å²) in [5, 5.41) is 9.91. The highest BCUT2D eigenvalue weighted by Crippen LogP contribution is 2.48. The zero-order valence-corrected chi connectivity index (χ0v) is 15.8. The monoisotopic (exact) mass is 364 g/mol. The van der Waals surface area contributed by atoms with Crippen LogP contribution in [0.25, 0.3) is 0 Å². The van der Waals surface area contributed by atoms with Crippen LogP contribution < -0.4 is 0 Å². The molecule has 0 aromatic heterocycles. The molecule has 5 heteroatoms. The molecule has 0 aromatic rings. The van der Waals surface area contributed by atoms with E-state index in [0.717, 1.165) is 38.7 Å². The van der Waals surface area contributed by atoms with Gasteiger partial charge in [-0.25, -0.2) is 0 Å². The lowest BCUT2D eigenvalue weighted by Crippen LogP contribution is -2.32. The second-order valence-corrected chi connectivity index (χ2v) is 7.57. The molecule has 0 bridgehead atoms. The van der Waals surface area contributed by atoms with Gasteiger partial charge in [0.25, 0.3) is 0 Å². The van der Waals surface area contributed by atoms with Crippen molar-refractivity contribution in [2.24, 2.45) is 17.8 Å². The van der Waals surface area contributed by atoms with Gasteiger partial charge in [0.15, 0.2) is 6.29 Å². The van der Waals surface area contributed by atoms with Gasteiger partial charge in [-0.2, -0.15) is 0 Å². The number of hydrogen-bond donors (Lipinski definition) is 1. The van der Waals surface area contributed by atoms with E-state index in [2.05, 4.69) is 18.2 Å². The second kappa shape index (κ2) is 9.67. The number of fused-ring (bicyclic) bond motifs is 1. The minimum Gasteiger partial charge on any atom is -0.466 e. The van der Waals surface area contributed by atoms with Gasteiger partial charge < -0.3 is 19.3 Å². The van der Waals surface area contributed by atoms with Crippen LogP contribution in [0.3, 0.4) is 0 Å². The molecule has 0 amide bonds. The summed E-state index contributed by atoms with van der Waals surface area (Å²) in [6, 6.07) is 0. The quantitative estimate of drug-likeness (QED) is 0.669. The lowest BCUT2D eigenvalue weighted by molar-refractivity contribution is -0.198. The molecule has 1 saturated carbocycles. The number of rotatable bonds is 8. The number of allylic oxidation sites excluding steroid dienone is 4. The van der Waals surface area contributed by atoms with E-state index in [1.165, 1.54) is 5.57 Å². The standard InChI is InChI=1S/C21H32O5/c1-2-24-20(23)8-4-3-7-15-11-16-13-19(18(14-22)17(16)12-15)26-21-9-5-6-10-25-21/h3,7,11,16-19,21-22H,2,4-6,8-10,12-14H2,1H3. The third kappa shape index (κ3) is 4.96. The molecular weight excluding hydrogens is 332 g/mol. The van der Waals surface area contributed by atoms with Gasteiger partial charge in [-0.1, -0.05) is 23.8 Å². The van der Waals surface area contributed by atoms with Crippen LogP contribution in [0.4, 0.5) is 0 Å². The third-order valence-electron chi connectivity index (χ3n) is 5.81. The smallest absolute Gasteiger partial charge is 0.306 e. The van der Waals surface area contributed by atoms with Gasteiger partial charge in [0.05, 0.1) is 12.7 Å². The molecule has 3 aliphatic rings. The maximum absolute atomic E-state index is 11.4. The van der Waals surface area contributed by atoms with Crippen molar-refractivity contribution < 1.29 is 24.1 Å². The van der Waals surface area contributed by atoms with E-state index in [1.807, 2.05) is 6.92 Å². The molecule has 5 unspecified atom stereocenters. The van der Waals surface area contributed by atoms with Crippen molar-refractivity contribution in [3.8, 4) is 0 Å². The van der Waals surface area contributed by atoms with E-state index < -0.39 is 0 Å². The first-order valence-electron chi connectivity index (χ1n) is 10.1. The van der Waals surface area contributed by atoms with Gasteiger partial charge in [0.2, 0.25) is 0 Å². The molecule has 26 heavy (non-hydrogen) atoms. The molecule has 2 fully saturated rings. The summed E-state index contributed by atoms with van der Waals surface area (Å²) in [5.41, 5.74) is 1.31. The summed E-state index contributed by atoms with van der Waals surface area (Å²) in [5.74, 6) is 0.982. The average Bonchev–Trinajstić information content (AvgIpc) is 3.16. The Morgan fingerprint density at radius 3 is 3.04 bits per heavy atom. The number of carbonyl (C=O) groups excluding carboxylic acids is 1. The predicted molar refractivity (Wildman–Crippen MR) is 98.3 cm³/mol. The molecule has 146 valence electrons. The predicted octanol–water partition coefficient (Wildman–Crippen LogP) is 3.37. The van der Waals surface area contributed by atoms with Crippen LogP contribution in [0.5, 0.6) is 0 Å². The summed E-state index contributed by atoms with van der Waals surface area (Å²) in [6.07, 6.45) is 12.9. The summed E-state index contributed by atoms with van der Waals surface area (Å²) < 4.78 is 16.8. The fraction of sp³-hybridized carbons (Fsp3) is 0.762. The maximum atomic E-state index is 11.4. The molecule has 0 radical (unpaired) electrons. The first-order chi connectivity index (χ1) is 12.7. The summed E-state index contributed by atoms with van der Waals surface area (Å²) in [7, 11) is 0. The van der Waals surface area contributed by atoms with E-state index in [1.54, 1.807) is 0 Å². The van der Waals surface area contributed by atoms with Gasteiger partial charge in [0.1, 0.15) is 0 Å². The minimum absolute atomic E-state index is 0.0900. The van der Waals surface area contributed by atoms with Crippen LogP contribution in [0.15, 0.2) is 23.8 Å². The Balaban J connectivity index is 1.48. The second-order valence-electron chi connectivity index (χ2n) is 7.57. The fourth-order valence-electron chi connectivity index (χ4n) is 4.54. The zero-order valence-electron chi connectivity index (χ0n) is 15.8. The SMILES string of the molecule is CCOC(=O)CCC=CC1=CC2CC(OC3CCCCO3)C(CO)C2C1. The van der Waals surface area contributed by atoms with Crippen molar-refractivity contribution in [2.45, 2.75) is 64.3 Å². The largest absolute Gasteiger partial charge is 0.466 e. The van der Waals surface area contributed by atoms with Crippen molar-refractivity contribution in [3.63, 3.8) is 0 Å². The topological polar surface area (TPSA) is 65.0 Å².